The fourth-order valence-electron chi connectivity index (χ4n) is 1.56. The van der Waals surface area contributed by atoms with Crippen molar-refractivity contribution in [3.8, 4) is 6.07 Å². The molecule has 74 valence electrons. The molecule has 0 unspecified atom stereocenters. The number of hydrogen-bond acceptors (Lipinski definition) is 3. The SMILES string of the molecule is CCCc1cnc(C2(C#N)COC2)[nH]1. The van der Waals surface area contributed by atoms with Crippen molar-refractivity contribution >= 4 is 0 Å². The zero-order chi connectivity index (χ0) is 10.0. The summed E-state index contributed by atoms with van der Waals surface area (Å²) in [6.45, 7) is 3.04. The van der Waals surface area contributed by atoms with Crippen molar-refractivity contribution in [2.75, 3.05) is 13.2 Å². The molecule has 1 aromatic rings. The van der Waals surface area contributed by atoms with E-state index in [1.165, 1.54) is 0 Å². The van der Waals surface area contributed by atoms with Gasteiger partial charge in [0.25, 0.3) is 0 Å². The molecule has 0 atom stereocenters. The predicted molar refractivity (Wildman–Crippen MR) is 50.7 cm³/mol. The highest BCUT2D eigenvalue weighted by Gasteiger charge is 2.43. The Bertz CT molecular complexity index is 360. The second-order valence-corrected chi connectivity index (χ2v) is 3.69. The van der Waals surface area contributed by atoms with Crippen LogP contribution in [0.1, 0.15) is 24.9 Å². The Morgan fingerprint density at radius 3 is 3.00 bits per heavy atom. The summed E-state index contributed by atoms with van der Waals surface area (Å²) in [6.07, 6.45) is 3.88. The third-order valence-corrected chi connectivity index (χ3v) is 2.51. The molecule has 4 nitrogen and oxygen atoms in total. The molecule has 2 heterocycles. The van der Waals surface area contributed by atoms with Gasteiger partial charge in [0.2, 0.25) is 0 Å². The number of aryl methyl sites for hydroxylation is 1. The fourth-order valence-corrected chi connectivity index (χ4v) is 1.56. The minimum atomic E-state index is -0.508. The van der Waals surface area contributed by atoms with Gasteiger partial charge in [0.05, 0.1) is 19.3 Å². The number of ether oxygens (including phenoxy) is 1. The smallest absolute Gasteiger partial charge is 0.161 e. The molecule has 0 radical (unpaired) electrons. The molecule has 14 heavy (non-hydrogen) atoms. The molecule has 1 N–H and O–H groups in total. The van der Waals surface area contributed by atoms with Crippen LogP contribution < -0.4 is 0 Å². The van der Waals surface area contributed by atoms with E-state index in [2.05, 4.69) is 23.0 Å². The molecule has 1 aromatic heterocycles. The average molecular weight is 191 g/mol. The summed E-state index contributed by atoms with van der Waals surface area (Å²) >= 11 is 0. The standard InChI is InChI=1S/C10H13N3O/c1-2-3-8-4-12-9(13-8)10(5-11)6-14-7-10/h4H,2-3,6-7H2,1H3,(H,12,13). The van der Waals surface area contributed by atoms with E-state index < -0.39 is 5.41 Å². The van der Waals surface area contributed by atoms with Crippen LogP contribution in [-0.2, 0) is 16.6 Å². The monoisotopic (exact) mass is 191 g/mol. The van der Waals surface area contributed by atoms with Crippen LogP contribution in [0.25, 0.3) is 0 Å². The summed E-state index contributed by atoms with van der Waals surface area (Å²) in [5, 5.41) is 9.04. The Kier molecular flexibility index (Phi) is 2.26. The van der Waals surface area contributed by atoms with E-state index in [1.807, 2.05) is 6.20 Å². The number of nitrogens with one attached hydrogen (secondary N) is 1. The lowest BCUT2D eigenvalue weighted by Crippen LogP contribution is -2.46. The third-order valence-electron chi connectivity index (χ3n) is 2.51. The number of aromatic nitrogens is 2. The van der Waals surface area contributed by atoms with Crippen LogP contribution in [0.15, 0.2) is 6.20 Å². The number of nitrogens with zero attached hydrogens (tertiary/aromatic N) is 2. The van der Waals surface area contributed by atoms with Crippen molar-refractivity contribution in [1.82, 2.24) is 9.97 Å². The third kappa shape index (κ3) is 1.30. The number of hydrogen-bond donors (Lipinski definition) is 1. The number of aromatic amines is 1. The van der Waals surface area contributed by atoms with Crippen molar-refractivity contribution in [1.29, 1.82) is 5.26 Å². The predicted octanol–water partition coefficient (Wildman–Crippen LogP) is 1.15. The van der Waals surface area contributed by atoms with Crippen LogP contribution >= 0.6 is 0 Å². The number of nitriles is 1. The van der Waals surface area contributed by atoms with Crippen molar-refractivity contribution in [3.63, 3.8) is 0 Å². The summed E-state index contributed by atoms with van der Waals surface area (Å²) in [6, 6.07) is 2.27. The van der Waals surface area contributed by atoms with E-state index in [-0.39, 0.29) is 0 Å². The minimum Gasteiger partial charge on any atom is -0.377 e. The maximum absolute atomic E-state index is 9.04. The highest BCUT2D eigenvalue weighted by Crippen LogP contribution is 2.29. The largest absolute Gasteiger partial charge is 0.377 e. The number of H-pyrrole nitrogens is 1. The van der Waals surface area contributed by atoms with E-state index in [0.717, 1.165) is 24.4 Å². The van der Waals surface area contributed by atoms with E-state index in [1.54, 1.807) is 0 Å². The molecule has 0 aromatic carbocycles. The van der Waals surface area contributed by atoms with E-state index in [0.29, 0.717) is 13.2 Å². The molecule has 4 heteroatoms. The highest BCUT2D eigenvalue weighted by atomic mass is 16.5. The first-order valence-corrected chi connectivity index (χ1v) is 4.84. The van der Waals surface area contributed by atoms with E-state index >= 15 is 0 Å². The topological polar surface area (TPSA) is 61.7 Å². The van der Waals surface area contributed by atoms with Crippen LogP contribution in [0, 0.1) is 11.3 Å². The van der Waals surface area contributed by atoms with Gasteiger partial charge in [0, 0.05) is 11.9 Å². The van der Waals surface area contributed by atoms with Gasteiger partial charge in [-0.15, -0.1) is 0 Å². The zero-order valence-corrected chi connectivity index (χ0v) is 8.21. The van der Waals surface area contributed by atoms with Crippen LogP contribution in [0.5, 0.6) is 0 Å². The maximum atomic E-state index is 9.04. The van der Waals surface area contributed by atoms with Crippen LogP contribution in [0.3, 0.4) is 0 Å². The summed E-state index contributed by atoms with van der Waals surface area (Å²) < 4.78 is 5.07. The van der Waals surface area contributed by atoms with Crippen LogP contribution in [0.4, 0.5) is 0 Å². The molecule has 1 aliphatic heterocycles. The molecule has 0 saturated carbocycles. The maximum Gasteiger partial charge on any atom is 0.161 e. The molecule has 0 amide bonds. The first kappa shape index (κ1) is 9.22. The lowest BCUT2D eigenvalue weighted by Gasteiger charge is -2.32. The molecule has 2 rings (SSSR count). The molecular weight excluding hydrogens is 178 g/mol. The van der Waals surface area contributed by atoms with Crippen molar-refractivity contribution in [2.45, 2.75) is 25.2 Å². The van der Waals surface area contributed by atoms with Gasteiger partial charge in [0.1, 0.15) is 5.82 Å². The van der Waals surface area contributed by atoms with Gasteiger partial charge in [0.15, 0.2) is 5.41 Å². The molecule has 1 aliphatic rings. The second kappa shape index (κ2) is 3.43. The van der Waals surface area contributed by atoms with E-state index in [9.17, 15) is 0 Å². The Hall–Kier alpha value is -1.34. The van der Waals surface area contributed by atoms with Crippen molar-refractivity contribution < 1.29 is 4.74 Å². The highest BCUT2D eigenvalue weighted by molar-refractivity contribution is 5.25. The quantitative estimate of drug-likeness (QED) is 0.779. The molecular formula is C10H13N3O. The summed E-state index contributed by atoms with van der Waals surface area (Å²) in [5.74, 6) is 0.759. The summed E-state index contributed by atoms with van der Waals surface area (Å²) in [4.78, 5) is 7.44. The van der Waals surface area contributed by atoms with Gasteiger partial charge in [-0.2, -0.15) is 5.26 Å². The Morgan fingerprint density at radius 2 is 2.50 bits per heavy atom. The first-order valence-electron chi connectivity index (χ1n) is 4.84. The normalized spacial score (nSPS) is 18.6. The lowest BCUT2D eigenvalue weighted by molar-refractivity contribution is -0.0335. The fraction of sp³-hybridized carbons (Fsp3) is 0.600. The zero-order valence-electron chi connectivity index (χ0n) is 8.21. The summed E-state index contributed by atoms with van der Waals surface area (Å²) in [5.41, 5.74) is 0.593. The minimum absolute atomic E-state index is 0.461. The van der Waals surface area contributed by atoms with Gasteiger partial charge >= 0.3 is 0 Å². The van der Waals surface area contributed by atoms with Crippen LogP contribution in [-0.4, -0.2) is 23.2 Å². The van der Waals surface area contributed by atoms with Crippen molar-refractivity contribution in [3.05, 3.63) is 17.7 Å². The first-order chi connectivity index (χ1) is 6.80. The van der Waals surface area contributed by atoms with Gasteiger partial charge < -0.3 is 9.72 Å². The molecule has 0 spiro atoms. The second-order valence-electron chi connectivity index (χ2n) is 3.69. The van der Waals surface area contributed by atoms with Gasteiger partial charge in [-0.05, 0) is 6.42 Å². The Balaban J connectivity index is 2.20. The molecule has 0 aliphatic carbocycles. The average Bonchev–Trinajstić information content (AvgIpc) is 2.54. The summed E-state index contributed by atoms with van der Waals surface area (Å²) in [7, 11) is 0. The Morgan fingerprint density at radius 1 is 1.71 bits per heavy atom. The molecule has 0 bridgehead atoms. The lowest BCUT2D eigenvalue weighted by atomic mass is 9.87. The number of rotatable bonds is 3. The molecule has 1 fully saturated rings. The Labute approximate surface area is 82.9 Å². The van der Waals surface area contributed by atoms with Gasteiger partial charge in [-0.1, -0.05) is 13.3 Å². The number of imidazole rings is 1. The van der Waals surface area contributed by atoms with Gasteiger partial charge in [-0.25, -0.2) is 4.98 Å². The van der Waals surface area contributed by atoms with Gasteiger partial charge in [-0.3, -0.25) is 0 Å². The van der Waals surface area contributed by atoms with E-state index in [4.69, 9.17) is 10.00 Å². The van der Waals surface area contributed by atoms with Crippen LogP contribution in [0.2, 0.25) is 0 Å². The molecule has 1 saturated heterocycles. The van der Waals surface area contributed by atoms with Crippen molar-refractivity contribution in [2.24, 2.45) is 0 Å².